The average molecular weight is 309 g/mol. The molecule has 2 aromatic carbocycles. The van der Waals surface area contributed by atoms with Gasteiger partial charge in [0.2, 0.25) is 0 Å². The van der Waals surface area contributed by atoms with Crippen LogP contribution >= 0.6 is 11.8 Å². The van der Waals surface area contributed by atoms with Crippen molar-refractivity contribution in [3.05, 3.63) is 54.1 Å². The van der Waals surface area contributed by atoms with Crippen molar-refractivity contribution < 1.29 is 13.9 Å². The van der Waals surface area contributed by atoms with Gasteiger partial charge in [-0.1, -0.05) is 49.0 Å². The number of para-hydroxylation sites is 2. The highest BCUT2D eigenvalue weighted by Crippen LogP contribution is 2.35. The van der Waals surface area contributed by atoms with Crippen LogP contribution in [0.1, 0.15) is 24.9 Å². The van der Waals surface area contributed by atoms with Gasteiger partial charge < -0.3 is 10.4 Å². The molecule has 0 radical (unpaired) electrons. The summed E-state index contributed by atoms with van der Waals surface area (Å²) in [6.07, 6.45) is 0.727. The summed E-state index contributed by atoms with van der Waals surface area (Å²) in [5, 5.41) is 13.2. The maximum atomic E-state index is 12.6. The molecule has 0 bridgehead atoms. The summed E-state index contributed by atoms with van der Waals surface area (Å²) in [6, 6.07) is 13.9. The number of alkyl halides is 2. The van der Waals surface area contributed by atoms with E-state index >= 15 is 0 Å². The lowest BCUT2D eigenvalue weighted by Gasteiger charge is -2.21. The van der Waals surface area contributed by atoms with Crippen molar-refractivity contribution in [1.29, 1.82) is 0 Å². The first-order chi connectivity index (χ1) is 10.1. The molecule has 0 aliphatic heterocycles. The molecule has 0 aliphatic carbocycles. The third-order valence-electron chi connectivity index (χ3n) is 3.15. The molecule has 0 saturated carbocycles. The van der Waals surface area contributed by atoms with Gasteiger partial charge in [0.25, 0.3) is 5.76 Å². The Labute approximate surface area is 127 Å². The molecule has 0 heterocycles. The lowest BCUT2D eigenvalue weighted by molar-refractivity contribution is 0.252. The molecule has 0 spiro atoms. The van der Waals surface area contributed by atoms with Crippen LogP contribution in [0.15, 0.2) is 53.4 Å². The summed E-state index contributed by atoms with van der Waals surface area (Å²) in [7, 11) is 0. The fourth-order valence-corrected chi connectivity index (χ4v) is 2.76. The van der Waals surface area contributed by atoms with Crippen molar-refractivity contribution in [3.63, 3.8) is 0 Å². The van der Waals surface area contributed by atoms with E-state index in [1.165, 1.54) is 0 Å². The van der Waals surface area contributed by atoms with Crippen LogP contribution in [0.3, 0.4) is 0 Å². The minimum atomic E-state index is -2.46. The molecule has 0 fully saturated rings. The van der Waals surface area contributed by atoms with Gasteiger partial charge >= 0.3 is 0 Å². The summed E-state index contributed by atoms with van der Waals surface area (Å²) < 4.78 is 25.2. The van der Waals surface area contributed by atoms with Crippen LogP contribution in [-0.4, -0.2) is 10.9 Å². The van der Waals surface area contributed by atoms with Crippen LogP contribution in [0.5, 0.6) is 5.75 Å². The number of phenolic OH excluding ortho intramolecular Hbond substituents is 1. The predicted octanol–water partition coefficient (Wildman–Crippen LogP) is 5.27. The van der Waals surface area contributed by atoms with Crippen LogP contribution < -0.4 is 5.32 Å². The molecule has 0 aromatic heterocycles. The summed E-state index contributed by atoms with van der Waals surface area (Å²) in [5.41, 5.74) is 1.41. The van der Waals surface area contributed by atoms with E-state index in [-0.39, 0.29) is 11.8 Å². The Morgan fingerprint density at radius 3 is 2.43 bits per heavy atom. The molecule has 1 atom stereocenters. The van der Waals surface area contributed by atoms with Crippen LogP contribution in [0.4, 0.5) is 14.5 Å². The quantitative estimate of drug-likeness (QED) is 0.713. The zero-order chi connectivity index (χ0) is 15.2. The molecular weight excluding hydrogens is 292 g/mol. The van der Waals surface area contributed by atoms with Crippen molar-refractivity contribution in [2.75, 3.05) is 5.32 Å². The number of phenols is 1. The van der Waals surface area contributed by atoms with E-state index in [0.29, 0.717) is 22.3 Å². The number of thioether (sulfide) groups is 1. The number of hydrogen-bond donors (Lipinski definition) is 2. The smallest absolute Gasteiger partial charge is 0.288 e. The highest BCUT2D eigenvalue weighted by atomic mass is 32.2. The van der Waals surface area contributed by atoms with Gasteiger partial charge in [-0.3, -0.25) is 0 Å². The van der Waals surface area contributed by atoms with E-state index in [1.54, 1.807) is 36.4 Å². The Morgan fingerprint density at radius 2 is 1.76 bits per heavy atom. The summed E-state index contributed by atoms with van der Waals surface area (Å²) >= 11 is 0.519. The van der Waals surface area contributed by atoms with Crippen LogP contribution in [-0.2, 0) is 0 Å². The first-order valence-corrected chi connectivity index (χ1v) is 7.58. The van der Waals surface area contributed by atoms with Gasteiger partial charge in [-0.2, -0.15) is 8.78 Å². The molecule has 2 rings (SSSR count). The first kappa shape index (κ1) is 15.6. The SMILES string of the molecule is CCC(Nc1ccccc1SC(F)F)c1ccccc1O. The molecule has 0 saturated heterocycles. The number of anilines is 1. The average Bonchev–Trinajstić information content (AvgIpc) is 2.47. The predicted molar refractivity (Wildman–Crippen MR) is 83.1 cm³/mol. The van der Waals surface area contributed by atoms with Gasteiger partial charge in [-0.15, -0.1) is 0 Å². The number of halogens is 2. The molecule has 2 aromatic rings. The van der Waals surface area contributed by atoms with E-state index in [9.17, 15) is 13.9 Å². The van der Waals surface area contributed by atoms with Gasteiger partial charge in [-0.05, 0) is 24.6 Å². The van der Waals surface area contributed by atoms with Crippen LogP contribution in [0.25, 0.3) is 0 Å². The standard InChI is InChI=1S/C16H17F2NOS/c1-2-12(11-7-3-5-9-14(11)20)19-13-8-4-6-10-15(13)21-16(17)18/h3-10,12,16,19-20H,2H2,1H3. The molecule has 5 heteroatoms. The lowest BCUT2D eigenvalue weighted by atomic mass is 10.0. The van der Waals surface area contributed by atoms with E-state index in [0.717, 1.165) is 12.0 Å². The summed E-state index contributed by atoms with van der Waals surface area (Å²) in [5.74, 6) is -2.26. The maximum Gasteiger partial charge on any atom is 0.288 e. The van der Waals surface area contributed by atoms with Gasteiger partial charge in [0, 0.05) is 16.1 Å². The second-order valence-corrected chi connectivity index (χ2v) is 5.57. The molecule has 2 nitrogen and oxygen atoms in total. The second-order valence-electron chi connectivity index (χ2n) is 4.54. The topological polar surface area (TPSA) is 32.3 Å². The number of nitrogens with one attached hydrogen (secondary N) is 1. The zero-order valence-corrected chi connectivity index (χ0v) is 12.4. The fraction of sp³-hybridized carbons (Fsp3) is 0.250. The highest BCUT2D eigenvalue weighted by Gasteiger charge is 2.16. The second kappa shape index (κ2) is 7.31. The minimum Gasteiger partial charge on any atom is -0.508 e. The molecule has 21 heavy (non-hydrogen) atoms. The Kier molecular flexibility index (Phi) is 5.44. The monoisotopic (exact) mass is 309 g/mol. The molecular formula is C16H17F2NOS. The Hall–Kier alpha value is -1.75. The number of aromatic hydroxyl groups is 1. The van der Waals surface area contributed by atoms with Gasteiger partial charge in [-0.25, -0.2) is 0 Å². The van der Waals surface area contributed by atoms with Crippen molar-refractivity contribution in [2.45, 2.75) is 30.0 Å². The fourth-order valence-electron chi connectivity index (χ4n) is 2.15. The normalized spacial score (nSPS) is 12.4. The van der Waals surface area contributed by atoms with Gasteiger partial charge in [0.1, 0.15) is 5.75 Å². The van der Waals surface area contributed by atoms with E-state index in [4.69, 9.17) is 0 Å². The van der Waals surface area contributed by atoms with Gasteiger partial charge in [0.15, 0.2) is 0 Å². The number of rotatable bonds is 6. The molecule has 0 aliphatic rings. The largest absolute Gasteiger partial charge is 0.508 e. The van der Waals surface area contributed by atoms with Crippen LogP contribution in [0, 0.1) is 0 Å². The maximum absolute atomic E-state index is 12.6. The van der Waals surface area contributed by atoms with E-state index in [2.05, 4.69) is 5.32 Å². The van der Waals surface area contributed by atoms with Crippen molar-refractivity contribution in [2.24, 2.45) is 0 Å². The molecule has 1 unspecified atom stereocenters. The Bertz CT molecular complexity index is 592. The Balaban J connectivity index is 2.25. The van der Waals surface area contributed by atoms with Crippen molar-refractivity contribution in [3.8, 4) is 5.75 Å². The molecule has 0 amide bonds. The van der Waals surface area contributed by atoms with Crippen molar-refractivity contribution >= 4 is 17.4 Å². The Morgan fingerprint density at radius 1 is 1.10 bits per heavy atom. The highest BCUT2D eigenvalue weighted by molar-refractivity contribution is 7.99. The zero-order valence-electron chi connectivity index (χ0n) is 11.6. The van der Waals surface area contributed by atoms with Gasteiger partial charge in [0.05, 0.1) is 6.04 Å². The summed E-state index contributed by atoms with van der Waals surface area (Å²) in [6.45, 7) is 1.98. The number of benzene rings is 2. The minimum absolute atomic E-state index is 0.134. The molecule has 2 N–H and O–H groups in total. The summed E-state index contributed by atoms with van der Waals surface area (Å²) in [4.78, 5) is 0.501. The third kappa shape index (κ3) is 4.11. The lowest BCUT2D eigenvalue weighted by Crippen LogP contribution is -2.10. The molecule has 112 valence electrons. The van der Waals surface area contributed by atoms with Crippen molar-refractivity contribution in [1.82, 2.24) is 0 Å². The number of hydrogen-bond acceptors (Lipinski definition) is 3. The first-order valence-electron chi connectivity index (χ1n) is 6.70. The van der Waals surface area contributed by atoms with E-state index in [1.807, 2.05) is 19.1 Å². The third-order valence-corrected chi connectivity index (χ3v) is 3.94. The van der Waals surface area contributed by atoms with Crippen LogP contribution in [0.2, 0.25) is 0 Å². The van der Waals surface area contributed by atoms with E-state index < -0.39 is 5.76 Å².